The number of amides is 1. The summed E-state index contributed by atoms with van der Waals surface area (Å²) in [4.78, 5) is 23.3. The molecule has 0 aliphatic rings. The molecule has 0 radical (unpaired) electrons. The SMILES string of the molecule is COC(=O)c1ccc(NC(=S)NC(=O)c2ccccc2)cc1O. The first-order valence-electron chi connectivity index (χ1n) is 6.60. The lowest BCUT2D eigenvalue weighted by Crippen LogP contribution is -2.34. The number of hydrogen-bond acceptors (Lipinski definition) is 5. The number of nitrogens with one attached hydrogen (secondary N) is 2. The summed E-state index contributed by atoms with van der Waals surface area (Å²) in [6.45, 7) is 0. The molecule has 0 saturated carbocycles. The van der Waals surface area contributed by atoms with Crippen LogP contribution in [0, 0.1) is 0 Å². The number of carbonyl (C=O) groups is 2. The maximum Gasteiger partial charge on any atom is 0.341 e. The van der Waals surface area contributed by atoms with Gasteiger partial charge in [0.15, 0.2) is 5.11 Å². The van der Waals surface area contributed by atoms with Crippen LogP contribution in [0.5, 0.6) is 5.75 Å². The molecule has 0 aliphatic heterocycles. The van der Waals surface area contributed by atoms with E-state index < -0.39 is 5.97 Å². The third kappa shape index (κ3) is 4.27. The fraction of sp³-hybridized carbons (Fsp3) is 0.0625. The van der Waals surface area contributed by atoms with E-state index in [1.165, 1.54) is 25.3 Å². The van der Waals surface area contributed by atoms with Crippen LogP contribution >= 0.6 is 12.2 Å². The van der Waals surface area contributed by atoms with E-state index in [9.17, 15) is 14.7 Å². The van der Waals surface area contributed by atoms with Crippen LogP contribution in [0.4, 0.5) is 5.69 Å². The zero-order chi connectivity index (χ0) is 16.8. The number of phenolic OH excluding ortho intramolecular Hbond substituents is 1. The molecular weight excluding hydrogens is 316 g/mol. The Morgan fingerprint density at radius 3 is 2.43 bits per heavy atom. The molecule has 0 aromatic heterocycles. The average molecular weight is 330 g/mol. The average Bonchev–Trinajstić information content (AvgIpc) is 2.55. The summed E-state index contributed by atoms with van der Waals surface area (Å²) in [5, 5.41) is 15.1. The van der Waals surface area contributed by atoms with Gasteiger partial charge in [-0.1, -0.05) is 18.2 Å². The molecule has 0 aliphatic carbocycles. The highest BCUT2D eigenvalue weighted by Crippen LogP contribution is 2.22. The highest BCUT2D eigenvalue weighted by Gasteiger charge is 2.12. The van der Waals surface area contributed by atoms with Gasteiger partial charge in [0, 0.05) is 17.3 Å². The largest absolute Gasteiger partial charge is 0.507 e. The zero-order valence-electron chi connectivity index (χ0n) is 12.2. The van der Waals surface area contributed by atoms with E-state index in [1.807, 2.05) is 0 Å². The van der Waals surface area contributed by atoms with Gasteiger partial charge in [0.05, 0.1) is 7.11 Å². The molecule has 0 heterocycles. The fourth-order valence-electron chi connectivity index (χ4n) is 1.82. The lowest BCUT2D eigenvalue weighted by atomic mass is 10.2. The summed E-state index contributed by atoms with van der Waals surface area (Å²) in [6.07, 6.45) is 0. The van der Waals surface area contributed by atoms with E-state index >= 15 is 0 Å². The van der Waals surface area contributed by atoms with Crippen LogP contribution in [0.2, 0.25) is 0 Å². The molecular formula is C16H14N2O4S. The number of methoxy groups -OCH3 is 1. The van der Waals surface area contributed by atoms with E-state index in [0.29, 0.717) is 11.3 Å². The number of hydrogen-bond donors (Lipinski definition) is 3. The van der Waals surface area contributed by atoms with Crippen molar-refractivity contribution in [2.45, 2.75) is 0 Å². The molecule has 1 amide bonds. The standard InChI is InChI=1S/C16H14N2O4S/c1-22-15(21)12-8-7-11(9-13(12)19)17-16(23)18-14(20)10-5-3-2-4-6-10/h2-9,19H,1H3,(H2,17,18,20,23). The van der Waals surface area contributed by atoms with Gasteiger partial charge < -0.3 is 15.2 Å². The number of anilines is 1. The molecule has 23 heavy (non-hydrogen) atoms. The maximum atomic E-state index is 11.9. The van der Waals surface area contributed by atoms with Crippen LogP contribution < -0.4 is 10.6 Å². The third-order valence-corrected chi connectivity index (χ3v) is 3.13. The van der Waals surface area contributed by atoms with Gasteiger partial charge in [0.2, 0.25) is 0 Å². The summed E-state index contributed by atoms with van der Waals surface area (Å²) in [7, 11) is 1.22. The van der Waals surface area contributed by atoms with E-state index in [4.69, 9.17) is 12.2 Å². The monoisotopic (exact) mass is 330 g/mol. The number of aromatic hydroxyl groups is 1. The topological polar surface area (TPSA) is 87.7 Å². The van der Waals surface area contributed by atoms with E-state index in [2.05, 4.69) is 15.4 Å². The van der Waals surface area contributed by atoms with Crippen LogP contribution in [0.25, 0.3) is 0 Å². The minimum Gasteiger partial charge on any atom is -0.507 e. The van der Waals surface area contributed by atoms with Crippen molar-refractivity contribution in [1.82, 2.24) is 5.32 Å². The first kappa shape index (κ1) is 16.4. The van der Waals surface area contributed by atoms with Gasteiger partial charge in [-0.2, -0.15) is 0 Å². The maximum absolute atomic E-state index is 11.9. The molecule has 0 bridgehead atoms. The van der Waals surface area contributed by atoms with Crippen molar-refractivity contribution in [2.24, 2.45) is 0 Å². The van der Waals surface area contributed by atoms with E-state index in [0.717, 1.165) is 0 Å². The number of esters is 1. The Kier molecular flexibility index (Phi) is 5.27. The molecule has 118 valence electrons. The van der Waals surface area contributed by atoms with Crippen molar-refractivity contribution in [3.8, 4) is 5.75 Å². The second kappa shape index (κ2) is 7.37. The van der Waals surface area contributed by atoms with Crippen molar-refractivity contribution in [3.63, 3.8) is 0 Å². The third-order valence-electron chi connectivity index (χ3n) is 2.92. The first-order valence-corrected chi connectivity index (χ1v) is 7.01. The van der Waals surface area contributed by atoms with Gasteiger partial charge in [-0.3, -0.25) is 10.1 Å². The Morgan fingerprint density at radius 1 is 1.13 bits per heavy atom. The van der Waals surface area contributed by atoms with E-state index in [1.54, 1.807) is 30.3 Å². The molecule has 0 unspecified atom stereocenters. The van der Waals surface area contributed by atoms with Gasteiger partial charge in [0.1, 0.15) is 11.3 Å². The van der Waals surface area contributed by atoms with Crippen LogP contribution in [0.1, 0.15) is 20.7 Å². The van der Waals surface area contributed by atoms with Crippen molar-refractivity contribution in [3.05, 3.63) is 59.7 Å². The first-order chi connectivity index (χ1) is 11.0. The lowest BCUT2D eigenvalue weighted by molar-refractivity contribution is 0.0597. The van der Waals surface area contributed by atoms with Crippen molar-refractivity contribution >= 4 is 34.9 Å². The van der Waals surface area contributed by atoms with Gasteiger partial charge in [-0.15, -0.1) is 0 Å². The lowest BCUT2D eigenvalue weighted by Gasteiger charge is -2.11. The summed E-state index contributed by atoms with van der Waals surface area (Å²) >= 11 is 5.05. The Labute approximate surface area is 138 Å². The number of phenols is 1. The quantitative estimate of drug-likeness (QED) is 0.591. The van der Waals surface area contributed by atoms with Crippen LogP contribution in [0.3, 0.4) is 0 Å². The predicted molar refractivity (Wildman–Crippen MR) is 89.6 cm³/mol. The van der Waals surface area contributed by atoms with Crippen molar-refractivity contribution in [1.29, 1.82) is 0 Å². The van der Waals surface area contributed by atoms with Crippen LogP contribution in [0.15, 0.2) is 48.5 Å². The van der Waals surface area contributed by atoms with Gasteiger partial charge in [-0.25, -0.2) is 4.79 Å². The molecule has 0 spiro atoms. The summed E-state index contributed by atoms with van der Waals surface area (Å²) < 4.78 is 4.54. The molecule has 7 heteroatoms. The Morgan fingerprint density at radius 2 is 1.83 bits per heavy atom. The Bertz CT molecular complexity index is 747. The summed E-state index contributed by atoms with van der Waals surface area (Å²) in [6, 6.07) is 12.9. The molecule has 2 rings (SSSR count). The molecule has 0 atom stereocenters. The minimum atomic E-state index is -0.644. The smallest absolute Gasteiger partial charge is 0.341 e. The van der Waals surface area contributed by atoms with Crippen molar-refractivity contribution < 1.29 is 19.4 Å². The van der Waals surface area contributed by atoms with Gasteiger partial charge in [0.25, 0.3) is 5.91 Å². The molecule has 0 saturated heterocycles. The Hall–Kier alpha value is -2.93. The molecule has 2 aromatic carbocycles. The fourth-order valence-corrected chi connectivity index (χ4v) is 2.03. The molecule has 2 aromatic rings. The molecule has 0 fully saturated rings. The highest BCUT2D eigenvalue weighted by molar-refractivity contribution is 7.80. The normalized spacial score (nSPS) is 9.78. The van der Waals surface area contributed by atoms with Crippen molar-refractivity contribution in [2.75, 3.05) is 12.4 Å². The molecule has 6 nitrogen and oxygen atoms in total. The van der Waals surface area contributed by atoms with Gasteiger partial charge in [-0.05, 0) is 36.5 Å². The van der Waals surface area contributed by atoms with Crippen LogP contribution in [-0.2, 0) is 4.74 Å². The zero-order valence-corrected chi connectivity index (χ0v) is 13.0. The number of ether oxygens (including phenoxy) is 1. The summed E-state index contributed by atoms with van der Waals surface area (Å²) in [5.74, 6) is -1.24. The molecule has 3 N–H and O–H groups in total. The number of thiocarbonyl (C=S) groups is 1. The minimum absolute atomic E-state index is 0.0392. The van der Waals surface area contributed by atoms with E-state index in [-0.39, 0.29) is 22.3 Å². The predicted octanol–water partition coefficient (Wildman–Crippen LogP) is 2.31. The van der Waals surface area contributed by atoms with Crippen LogP contribution in [-0.4, -0.2) is 29.2 Å². The second-order valence-corrected chi connectivity index (χ2v) is 4.91. The highest BCUT2D eigenvalue weighted by atomic mass is 32.1. The second-order valence-electron chi connectivity index (χ2n) is 4.50. The summed E-state index contributed by atoms with van der Waals surface area (Å²) in [5.41, 5.74) is 0.936. The number of benzene rings is 2. The number of carbonyl (C=O) groups excluding carboxylic acids is 2. The van der Waals surface area contributed by atoms with Gasteiger partial charge >= 0.3 is 5.97 Å². The number of rotatable bonds is 3. The Balaban J connectivity index is 2.02.